The Balaban J connectivity index is 1.53. The molecule has 3 aromatic rings. The van der Waals surface area contributed by atoms with Gasteiger partial charge < -0.3 is 21.5 Å². The Bertz CT molecular complexity index is 1280. The minimum atomic E-state index is -1.09. The summed E-state index contributed by atoms with van der Waals surface area (Å²) in [5.41, 5.74) is 5.29. The van der Waals surface area contributed by atoms with Crippen LogP contribution in [0.1, 0.15) is 57.9 Å². The lowest BCUT2D eigenvalue weighted by molar-refractivity contribution is -0.128. The molecule has 1 amide bonds. The topological polar surface area (TPSA) is 131 Å². The summed E-state index contributed by atoms with van der Waals surface area (Å²) in [5, 5.41) is 15.8. The Morgan fingerprint density at radius 1 is 1.14 bits per heavy atom. The predicted octanol–water partition coefficient (Wildman–Crippen LogP) is 3.92. The van der Waals surface area contributed by atoms with Gasteiger partial charge in [-0.05, 0) is 44.9 Å². The molecule has 5 rings (SSSR count). The summed E-state index contributed by atoms with van der Waals surface area (Å²) >= 11 is 0. The number of carbonyl (C=O) groups excluding carboxylic acids is 1. The molecule has 36 heavy (non-hydrogen) atoms. The first-order valence-electron chi connectivity index (χ1n) is 12.0. The number of primary amides is 1. The first-order valence-corrected chi connectivity index (χ1v) is 12.0. The van der Waals surface area contributed by atoms with E-state index in [-0.39, 0.29) is 30.0 Å². The fourth-order valence-corrected chi connectivity index (χ4v) is 5.18. The number of benzene rings is 1. The highest BCUT2D eigenvalue weighted by atomic mass is 19.1. The van der Waals surface area contributed by atoms with E-state index in [1.807, 2.05) is 6.92 Å². The highest BCUT2D eigenvalue weighted by molar-refractivity contribution is 5.80. The number of imidazole rings is 1. The quantitative estimate of drug-likeness (QED) is 0.401. The molecule has 0 spiro atoms. The van der Waals surface area contributed by atoms with Crippen LogP contribution in [0.4, 0.5) is 30.8 Å². The van der Waals surface area contributed by atoms with Gasteiger partial charge in [0.2, 0.25) is 17.8 Å². The van der Waals surface area contributed by atoms with Gasteiger partial charge >= 0.3 is 0 Å². The number of fused-ring (bicyclic) bond motifs is 1. The summed E-state index contributed by atoms with van der Waals surface area (Å²) in [7, 11) is 0. The average molecular weight is 504 g/mol. The predicted molar refractivity (Wildman–Crippen MR) is 127 cm³/mol. The zero-order valence-electron chi connectivity index (χ0n) is 19.8. The van der Waals surface area contributed by atoms with Crippen LogP contribution in [0.3, 0.4) is 0 Å². The molecule has 0 unspecified atom stereocenters. The van der Waals surface area contributed by atoms with Gasteiger partial charge in [0.15, 0.2) is 17.3 Å². The van der Waals surface area contributed by atoms with Gasteiger partial charge in [-0.3, -0.25) is 9.36 Å². The summed E-state index contributed by atoms with van der Waals surface area (Å²) in [4.78, 5) is 25.4. The maximum atomic E-state index is 14.5. The van der Waals surface area contributed by atoms with Crippen LogP contribution >= 0.6 is 0 Å². The third-order valence-corrected chi connectivity index (χ3v) is 7.43. The van der Waals surface area contributed by atoms with Crippen LogP contribution in [-0.4, -0.2) is 42.7 Å². The monoisotopic (exact) mass is 503 g/mol. The van der Waals surface area contributed by atoms with Gasteiger partial charge in [-0.15, -0.1) is 0 Å². The van der Waals surface area contributed by atoms with E-state index in [0.717, 1.165) is 6.42 Å². The van der Waals surface area contributed by atoms with Gasteiger partial charge in [-0.25, -0.2) is 23.1 Å². The second-order valence-corrected chi connectivity index (χ2v) is 10.0. The lowest BCUT2D eigenvalue weighted by Crippen LogP contribution is -2.38. The number of aromatic nitrogens is 4. The van der Waals surface area contributed by atoms with Crippen LogP contribution in [0, 0.1) is 22.9 Å². The lowest BCUT2D eigenvalue weighted by Gasteiger charge is -2.35. The van der Waals surface area contributed by atoms with Gasteiger partial charge in [-0.2, -0.15) is 4.98 Å². The number of anilines is 3. The minimum absolute atomic E-state index is 0.0276. The molecule has 2 heterocycles. The molecule has 0 bridgehead atoms. The number of nitrogens with two attached hydrogens (primary N) is 1. The highest BCUT2D eigenvalue weighted by Gasteiger charge is 2.38. The van der Waals surface area contributed by atoms with E-state index in [9.17, 15) is 23.1 Å². The second-order valence-electron chi connectivity index (χ2n) is 10.0. The third kappa shape index (κ3) is 4.57. The molecular formula is C24H28F3N7O2. The van der Waals surface area contributed by atoms with Gasteiger partial charge in [0.25, 0.3) is 0 Å². The fraction of sp³-hybridized carbons (Fsp3) is 0.500. The number of hydrogen-bond donors (Lipinski definition) is 4. The molecule has 12 heteroatoms. The van der Waals surface area contributed by atoms with Crippen molar-refractivity contribution in [2.75, 3.05) is 10.6 Å². The molecule has 0 aliphatic heterocycles. The van der Waals surface area contributed by atoms with Crippen molar-refractivity contribution in [3.05, 3.63) is 35.8 Å². The number of rotatable bonds is 6. The number of halogens is 3. The van der Waals surface area contributed by atoms with Gasteiger partial charge in [-0.1, -0.05) is 6.92 Å². The Labute approximate surface area is 205 Å². The molecular weight excluding hydrogens is 475 g/mol. The van der Waals surface area contributed by atoms with E-state index in [1.54, 1.807) is 4.57 Å². The normalized spacial score (nSPS) is 26.3. The van der Waals surface area contributed by atoms with Crippen LogP contribution in [0.2, 0.25) is 0 Å². The Hall–Kier alpha value is -3.41. The van der Waals surface area contributed by atoms with Crippen molar-refractivity contribution in [2.24, 2.45) is 11.1 Å². The van der Waals surface area contributed by atoms with E-state index in [2.05, 4.69) is 25.6 Å². The number of carbonyl (C=O) groups is 1. The zero-order chi connectivity index (χ0) is 25.6. The van der Waals surface area contributed by atoms with Crippen LogP contribution in [-0.2, 0) is 4.79 Å². The average Bonchev–Trinajstić information content (AvgIpc) is 3.39. The van der Waals surface area contributed by atoms with E-state index in [4.69, 9.17) is 5.73 Å². The minimum Gasteiger partial charge on any atom is -0.393 e. The van der Waals surface area contributed by atoms with Crippen molar-refractivity contribution < 1.29 is 23.1 Å². The molecule has 0 radical (unpaired) electrons. The van der Waals surface area contributed by atoms with Gasteiger partial charge in [0, 0.05) is 29.6 Å². The number of amides is 1. The Morgan fingerprint density at radius 2 is 1.83 bits per heavy atom. The molecule has 2 fully saturated rings. The molecule has 0 saturated heterocycles. The maximum absolute atomic E-state index is 14.5. The van der Waals surface area contributed by atoms with Crippen LogP contribution in [0.15, 0.2) is 18.3 Å². The van der Waals surface area contributed by atoms with Crippen molar-refractivity contribution in [2.45, 2.75) is 70.1 Å². The molecule has 5 N–H and O–H groups in total. The summed E-state index contributed by atoms with van der Waals surface area (Å²) < 4.78 is 44.1. The van der Waals surface area contributed by atoms with Crippen molar-refractivity contribution in [1.82, 2.24) is 19.5 Å². The van der Waals surface area contributed by atoms with E-state index in [1.165, 1.54) is 6.20 Å². The summed E-state index contributed by atoms with van der Waals surface area (Å²) in [6.45, 7) is 1.83. The van der Waals surface area contributed by atoms with E-state index < -0.39 is 28.6 Å². The molecule has 2 aliphatic rings. The molecule has 2 atom stereocenters. The number of nitrogens with zero attached hydrogens (tertiary/aromatic N) is 4. The van der Waals surface area contributed by atoms with Gasteiger partial charge in [0.05, 0.1) is 12.3 Å². The number of aliphatic hydroxyl groups excluding tert-OH is 1. The summed E-state index contributed by atoms with van der Waals surface area (Å²) in [6.07, 6.45) is 5.41. The first-order chi connectivity index (χ1) is 17.1. The van der Waals surface area contributed by atoms with E-state index >= 15 is 0 Å². The molecule has 9 nitrogen and oxygen atoms in total. The van der Waals surface area contributed by atoms with E-state index in [0.29, 0.717) is 67.8 Å². The van der Waals surface area contributed by atoms with Gasteiger partial charge in [0.1, 0.15) is 17.0 Å². The first kappa shape index (κ1) is 24.3. The molecule has 2 aromatic heterocycles. The van der Waals surface area contributed by atoms with Crippen molar-refractivity contribution in [3.63, 3.8) is 0 Å². The van der Waals surface area contributed by atoms with Crippen molar-refractivity contribution >= 4 is 34.7 Å². The zero-order valence-corrected chi connectivity index (χ0v) is 19.8. The number of aliphatic hydroxyl groups is 1. The SMILES string of the molecule is C[C@]1(C(N)=O)CC[C@H](n2c(Nc3c(F)cc(F)cc3F)nc3cnc(N[C@@H]4CC[C@@H](O)C4)nc32)CC1. The van der Waals surface area contributed by atoms with Crippen molar-refractivity contribution in [3.8, 4) is 0 Å². The van der Waals surface area contributed by atoms with Crippen molar-refractivity contribution in [1.29, 1.82) is 0 Å². The maximum Gasteiger partial charge on any atom is 0.224 e. The van der Waals surface area contributed by atoms with Crippen LogP contribution < -0.4 is 16.4 Å². The molecule has 2 saturated carbocycles. The molecule has 192 valence electrons. The molecule has 1 aromatic carbocycles. The number of nitrogens with one attached hydrogen (secondary N) is 2. The second kappa shape index (κ2) is 9.23. The standard InChI is InChI=1S/C24H28F3N7O2/c1-24(21(28)36)6-4-14(5-7-24)34-20-18(11-29-22(33-20)30-13-2-3-15(35)10-13)31-23(34)32-19-16(26)8-12(25)9-17(19)27/h8-9,11,13-15,35H,2-7,10H2,1H3,(H2,28,36)(H,31,32)(H,29,30,33)/t13-,14-,15-,24-/m1/s1. The summed E-state index contributed by atoms with van der Waals surface area (Å²) in [6, 6.07) is 1.02. The Morgan fingerprint density at radius 3 is 2.44 bits per heavy atom. The summed E-state index contributed by atoms with van der Waals surface area (Å²) in [5.74, 6) is -3.09. The van der Waals surface area contributed by atoms with Crippen LogP contribution in [0.25, 0.3) is 11.2 Å². The highest BCUT2D eigenvalue weighted by Crippen LogP contribution is 2.43. The third-order valence-electron chi connectivity index (χ3n) is 7.43. The number of hydrogen-bond acceptors (Lipinski definition) is 7. The Kier molecular flexibility index (Phi) is 6.23. The van der Waals surface area contributed by atoms with Crippen LogP contribution in [0.5, 0.6) is 0 Å². The fourth-order valence-electron chi connectivity index (χ4n) is 5.18. The molecule has 2 aliphatic carbocycles. The largest absolute Gasteiger partial charge is 0.393 e. The smallest absolute Gasteiger partial charge is 0.224 e. The lowest BCUT2D eigenvalue weighted by atomic mass is 9.73.